The highest BCUT2D eigenvalue weighted by atomic mass is 32.2. The summed E-state index contributed by atoms with van der Waals surface area (Å²) in [6.45, 7) is 0.237. The van der Waals surface area contributed by atoms with Gasteiger partial charge in [0.05, 0.1) is 4.90 Å². The van der Waals surface area contributed by atoms with Gasteiger partial charge in [0.1, 0.15) is 0 Å². The van der Waals surface area contributed by atoms with Gasteiger partial charge in [-0.25, -0.2) is 13.1 Å². The van der Waals surface area contributed by atoms with E-state index in [2.05, 4.69) is 30.7 Å². The molecule has 0 aliphatic heterocycles. The Hall–Kier alpha value is -3.44. The van der Waals surface area contributed by atoms with Gasteiger partial charge in [0.15, 0.2) is 5.78 Å². The van der Waals surface area contributed by atoms with Crippen molar-refractivity contribution in [1.82, 2.24) is 25.3 Å². The minimum Gasteiger partial charge on any atom is -0.294 e. The summed E-state index contributed by atoms with van der Waals surface area (Å²) in [6, 6.07) is 15.0. The summed E-state index contributed by atoms with van der Waals surface area (Å²) in [5.41, 5.74) is 1.37. The van der Waals surface area contributed by atoms with E-state index in [4.69, 9.17) is 0 Å². The highest BCUT2D eigenvalue weighted by Crippen LogP contribution is 2.11. The molecule has 1 amide bonds. The molecule has 3 N–H and O–H groups in total. The molecule has 3 aromatic rings. The fourth-order valence-electron chi connectivity index (χ4n) is 2.64. The number of benzene rings is 2. The van der Waals surface area contributed by atoms with Crippen LogP contribution in [0.25, 0.3) is 0 Å². The number of ketones is 1. The number of amides is 1. The summed E-state index contributed by atoms with van der Waals surface area (Å²) in [5, 5.41) is 15.2. The first-order valence-corrected chi connectivity index (χ1v) is 10.6. The number of aromatic nitrogens is 4. The number of aromatic amines is 1. The van der Waals surface area contributed by atoms with Crippen molar-refractivity contribution in [2.45, 2.75) is 24.2 Å². The first kappa shape index (κ1) is 21.3. The van der Waals surface area contributed by atoms with Crippen molar-refractivity contribution in [1.29, 1.82) is 0 Å². The standard InChI is InChI=1S/C19H20N6O4S/c26-17(10-11-18(27)21-19-22-24-25-23-19)15-8-6-14(7-9-15)12-13-20-30(28,29)16-4-2-1-3-5-16/h1-9,20H,10-13H2,(H2,21,22,23,24,25,27). The number of sulfonamides is 1. The molecule has 0 unspecified atom stereocenters. The number of nitrogens with zero attached hydrogens (tertiary/aromatic N) is 3. The molecule has 0 fully saturated rings. The lowest BCUT2D eigenvalue weighted by Crippen LogP contribution is -2.25. The average molecular weight is 428 g/mol. The highest BCUT2D eigenvalue weighted by Gasteiger charge is 2.13. The summed E-state index contributed by atoms with van der Waals surface area (Å²) in [7, 11) is -3.54. The molecular weight excluding hydrogens is 408 g/mol. The molecule has 156 valence electrons. The van der Waals surface area contributed by atoms with E-state index in [-0.39, 0.29) is 41.9 Å². The number of carbonyl (C=O) groups is 2. The lowest BCUT2D eigenvalue weighted by molar-refractivity contribution is -0.116. The van der Waals surface area contributed by atoms with Gasteiger partial charge in [0.25, 0.3) is 5.95 Å². The van der Waals surface area contributed by atoms with Gasteiger partial charge in [0, 0.05) is 24.9 Å². The second kappa shape index (κ2) is 9.85. The Balaban J connectivity index is 1.45. The van der Waals surface area contributed by atoms with Gasteiger partial charge in [-0.2, -0.15) is 5.21 Å². The van der Waals surface area contributed by atoms with E-state index in [9.17, 15) is 18.0 Å². The topological polar surface area (TPSA) is 147 Å². The lowest BCUT2D eigenvalue weighted by Gasteiger charge is -2.07. The molecule has 0 bridgehead atoms. The van der Waals surface area contributed by atoms with Crippen LogP contribution in [0.1, 0.15) is 28.8 Å². The molecule has 0 spiro atoms. The molecule has 0 atom stereocenters. The maximum Gasteiger partial charge on any atom is 0.269 e. The van der Waals surface area contributed by atoms with Gasteiger partial charge < -0.3 is 0 Å². The molecule has 0 saturated carbocycles. The van der Waals surface area contributed by atoms with Crippen LogP contribution in [-0.2, 0) is 21.2 Å². The fourth-order valence-corrected chi connectivity index (χ4v) is 3.70. The van der Waals surface area contributed by atoms with E-state index in [1.54, 1.807) is 42.5 Å². The number of tetrazole rings is 1. The normalized spacial score (nSPS) is 11.2. The Morgan fingerprint density at radius 3 is 2.37 bits per heavy atom. The number of Topliss-reactive ketones (excluding diaryl/α,β-unsaturated/α-hetero) is 1. The van der Waals surface area contributed by atoms with Gasteiger partial charge in [0.2, 0.25) is 15.9 Å². The van der Waals surface area contributed by atoms with Gasteiger partial charge in [-0.1, -0.05) is 47.6 Å². The van der Waals surface area contributed by atoms with E-state index in [1.165, 1.54) is 12.1 Å². The summed E-state index contributed by atoms with van der Waals surface area (Å²) < 4.78 is 26.9. The third kappa shape index (κ3) is 6.03. The summed E-state index contributed by atoms with van der Waals surface area (Å²) in [6.07, 6.45) is 0.518. The first-order valence-electron chi connectivity index (χ1n) is 9.14. The molecule has 0 aliphatic rings. The van der Waals surface area contributed by atoms with Crippen molar-refractivity contribution in [2.75, 3.05) is 11.9 Å². The van der Waals surface area contributed by atoms with E-state index in [1.807, 2.05) is 0 Å². The number of hydrogen-bond donors (Lipinski definition) is 3. The van der Waals surface area contributed by atoms with E-state index in [0.29, 0.717) is 12.0 Å². The Morgan fingerprint density at radius 1 is 0.967 bits per heavy atom. The van der Waals surface area contributed by atoms with Crippen LogP contribution < -0.4 is 10.0 Å². The van der Waals surface area contributed by atoms with Gasteiger partial charge >= 0.3 is 0 Å². The van der Waals surface area contributed by atoms with E-state index in [0.717, 1.165) is 5.56 Å². The largest absolute Gasteiger partial charge is 0.294 e. The number of H-pyrrole nitrogens is 1. The van der Waals surface area contributed by atoms with E-state index >= 15 is 0 Å². The Labute approximate surface area is 173 Å². The predicted octanol–water partition coefficient (Wildman–Crippen LogP) is 1.32. The molecule has 10 nitrogen and oxygen atoms in total. The monoisotopic (exact) mass is 428 g/mol. The Kier molecular flexibility index (Phi) is 6.99. The van der Waals surface area contributed by atoms with Gasteiger partial charge in [-0.3, -0.25) is 14.9 Å². The molecule has 0 aliphatic carbocycles. The third-order valence-electron chi connectivity index (χ3n) is 4.21. The van der Waals surface area contributed by atoms with Crippen molar-refractivity contribution in [3.63, 3.8) is 0 Å². The van der Waals surface area contributed by atoms with Crippen molar-refractivity contribution in [3.8, 4) is 0 Å². The number of carbonyl (C=O) groups excluding carboxylic acids is 2. The van der Waals surface area contributed by atoms with Crippen molar-refractivity contribution >= 4 is 27.7 Å². The highest BCUT2D eigenvalue weighted by molar-refractivity contribution is 7.89. The number of rotatable bonds is 10. The van der Waals surface area contributed by atoms with Crippen LogP contribution >= 0.6 is 0 Å². The maximum absolute atomic E-state index is 12.2. The Morgan fingerprint density at radius 2 is 1.70 bits per heavy atom. The van der Waals surface area contributed by atoms with Crippen LogP contribution in [0.4, 0.5) is 5.95 Å². The SMILES string of the molecule is O=C(CCC(=O)c1ccc(CCNS(=O)(=O)c2ccccc2)cc1)Nc1nn[nH]n1. The second-order valence-electron chi connectivity index (χ2n) is 6.36. The van der Waals surface area contributed by atoms with Crippen LogP contribution in [-0.4, -0.2) is 47.3 Å². The molecule has 30 heavy (non-hydrogen) atoms. The predicted molar refractivity (Wildman–Crippen MR) is 108 cm³/mol. The molecule has 2 aromatic carbocycles. The Bertz CT molecular complexity index is 1080. The lowest BCUT2D eigenvalue weighted by atomic mass is 10.0. The zero-order valence-electron chi connectivity index (χ0n) is 15.9. The zero-order valence-corrected chi connectivity index (χ0v) is 16.7. The van der Waals surface area contributed by atoms with Crippen LogP contribution in [0.3, 0.4) is 0 Å². The van der Waals surface area contributed by atoms with Crippen molar-refractivity contribution < 1.29 is 18.0 Å². The number of nitrogens with one attached hydrogen (secondary N) is 3. The maximum atomic E-state index is 12.2. The molecular formula is C19H20N6O4S. The first-order chi connectivity index (χ1) is 14.4. The van der Waals surface area contributed by atoms with Crippen LogP contribution in [0.15, 0.2) is 59.5 Å². The number of anilines is 1. The molecule has 0 saturated heterocycles. The van der Waals surface area contributed by atoms with Crippen molar-refractivity contribution in [2.24, 2.45) is 0 Å². The van der Waals surface area contributed by atoms with Gasteiger partial charge in [-0.15, -0.1) is 5.10 Å². The molecule has 1 aromatic heterocycles. The summed E-state index contributed by atoms with van der Waals surface area (Å²) >= 11 is 0. The van der Waals surface area contributed by atoms with Gasteiger partial charge in [-0.05, 0) is 29.3 Å². The van der Waals surface area contributed by atoms with Crippen LogP contribution in [0.5, 0.6) is 0 Å². The molecule has 11 heteroatoms. The fraction of sp³-hybridized carbons (Fsp3) is 0.211. The smallest absolute Gasteiger partial charge is 0.269 e. The zero-order chi connectivity index (χ0) is 21.4. The summed E-state index contributed by atoms with van der Waals surface area (Å²) in [4.78, 5) is 24.2. The molecule has 0 radical (unpaired) electrons. The number of hydrogen-bond acceptors (Lipinski definition) is 7. The quantitative estimate of drug-likeness (QED) is 0.413. The van der Waals surface area contributed by atoms with Crippen LogP contribution in [0, 0.1) is 0 Å². The average Bonchev–Trinajstić information content (AvgIpc) is 3.26. The molecule has 3 rings (SSSR count). The molecule has 1 heterocycles. The third-order valence-corrected chi connectivity index (χ3v) is 5.69. The van der Waals surface area contributed by atoms with E-state index < -0.39 is 10.0 Å². The minimum absolute atomic E-state index is 0.00358. The van der Waals surface area contributed by atoms with Crippen molar-refractivity contribution in [3.05, 3.63) is 65.7 Å². The summed E-state index contributed by atoms with van der Waals surface area (Å²) in [5.74, 6) is -0.499. The van der Waals surface area contributed by atoms with Crippen LogP contribution in [0.2, 0.25) is 0 Å². The minimum atomic E-state index is -3.54. The second-order valence-corrected chi connectivity index (χ2v) is 8.13.